The fourth-order valence-electron chi connectivity index (χ4n) is 4.17. The van der Waals surface area contributed by atoms with Crippen molar-refractivity contribution in [3.05, 3.63) is 71.3 Å². The van der Waals surface area contributed by atoms with Gasteiger partial charge in [0.05, 0.1) is 13.2 Å². The lowest BCUT2D eigenvalue weighted by Gasteiger charge is -2.40. The number of fused-ring (bicyclic) bond motifs is 1. The van der Waals surface area contributed by atoms with Crippen molar-refractivity contribution in [2.24, 2.45) is 0 Å². The van der Waals surface area contributed by atoms with Gasteiger partial charge in [-0.3, -0.25) is 0 Å². The Morgan fingerprint density at radius 2 is 1.55 bits per heavy atom. The predicted molar refractivity (Wildman–Crippen MR) is 92.8 cm³/mol. The summed E-state index contributed by atoms with van der Waals surface area (Å²) in [6.45, 7) is 8.63. The molecule has 0 aromatic heterocycles. The minimum atomic E-state index is -1.14. The van der Waals surface area contributed by atoms with Crippen LogP contribution in [0.25, 0.3) is 0 Å². The molecular weight excluding hydrogens is 397 g/mol. The second kappa shape index (κ2) is 6.46. The molecule has 0 aliphatic carbocycles. The Bertz CT molecular complexity index is 635. The van der Waals surface area contributed by atoms with Crippen LogP contribution in [0.5, 0.6) is 0 Å². The van der Waals surface area contributed by atoms with Gasteiger partial charge in [-0.05, 0) is 0 Å². The summed E-state index contributed by atoms with van der Waals surface area (Å²) in [5.74, 6) is 0. The number of nitrogens with zero attached hydrogens (tertiary/aromatic N) is 1. The Hall–Kier alpha value is -0.653. The van der Waals surface area contributed by atoms with Gasteiger partial charge in [0.2, 0.25) is 0 Å². The molecular formula is C19H26INSi. The zero-order chi connectivity index (χ0) is 15.1. The summed E-state index contributed by atoms with van der Waals surface area (Å²) in [5, 5.41) is 0. The van der Waals surface area contributed by atoms with E-state index in [0.29, 0.717) is 6.04 Å². The summed E-state index contributed by atoms with van der Waals surface area (Å²) in [7, 11) is 1.32. The minimum absolute atomic E-state index is 0. The van der Waals surface area contributed by atoms with E-state index in [1.54, 1.807) is 0 Å². The largest absolute Gasteiger partial charge is 1.00 e. The van der Waals surface area contributed by atoms with E-state index in [1.165, 1.54) is 29.4 Å². The zero-order valence-electron chi connectivity index (χ0n) is 14.0. The van der Waals surface area contributed by atoms with E-state index in [2.05, 4.69) is 81.3 Å². The van der Waals surface area contributed by atoms with Gasteiger partial charge in [0.25, 0.3) is 0 Å². The van der Waals surface area contributed by atoms with Crippen molar-refractivity contribution in [3.63, 3.8) is 0 Å². The molecule has 0 fully saturated rings. The Morgan fingerprint density at radius 3 is 2.18 bits per heavy atom. The molecule has 1 aliphatic heterocycles. The molecule has 0 saturated heterocycles. The van der Waals surface area contributed by atoms with Crippen LogP contribution in [0.2, 0.25) is 19.6 Å². The first kappa shape index (κ1) is 17.7. The molecule has 3 heteroatoms. The van der Waals surface area contributed by atoms with Crippen LogP contribution in [0.1, 0.15) is 22.7 Å². The molecule has 0 unspecified atom stereocenters. The summed E-state index contributed by atoms with van der Waals surface area (Å²) in [6, 6.07) is 20.6. The lowest BCUT2D eigenvalue weighted by Crippen LogP contribution is -3.00. The molecule has 118 valence electrons. The molecule has 2 aromatic rings. The SMILES string of the molecule is C[N@@+]1(C[Si](C)(C)C)Cc2ccccc2[C@H]1c1ccccc1.[I-]. The third-order valence-corrected chi connectivity index (χ3v) is 6.13. The second-order valence-corrected chi connectivity index (χ2v) is 13.3. The van der Waals surface area contributed by atoms with Crippen molar-refractivity contribution in [1.82, 2.24) is 0 Å². The van der Waals surface area contributed by atoms with E-state index in [0.717, 1.165) is 4.48 Å². The van der Waals surface area contributed by atoms with E-state index < -0.39 is 8.07 Å². The van der Waals surface area contributed by atoms with E-state index in [4.69, 9.17) is 0 Å². The van der Waals surface area contributed by atoms with Gasteiger partial charge in [-0.25, -0.2) is 0 Å². The lowest BCUT2D eigenvalue weighted by atomic mass is 9.97. The van der Waals surface area contributed by atoms with E-state index in [9.17, 15) is 0 Å². The monoisotopic (exact) mass is 423 g/mol. The lowest BCUT2D eigenvalue weighted by molar-refractivity contribution is -0.930. The molecule has 0 spiro atoms. The fraction of sp³-hybridized carbons (Fsp3) is 0.368. The molecule has 0 radical (unpaired) electrons. The molecule has 2 aromatic carbocycles. The number of hydrogen-bond donors (Lipinski definition) is 0. The van der Waals surface area contributed by atoms with Crippen molar-refractivity contribution in [2.75, 3.05) is 13.2 Å². The minimum Gasteiger partial charge on any atom is -1.00 e. The summed E-state index contributed by atoms with van der Waals surface area (Å²) < 4.78 is 1.14. The molecule has 1 aliphatic rings. The first-order valence-corrected chi connectivity index (χ1v) is 11.6. The Kier molecular flexibility index (Phi) is 5.19. The maximum Gasteiger partial charge on any atom is 0.141 e. The molecule has 22 heavy (non-hydrogen) atoms. The van der Waals surface area contributed by atoms with Gasteiger partial charge >= 0.3 is 0 Å². The van der Waals surface area contributed by atoms with Gasteiger partial charge in [-0.15, -0.1) is 0 Å². The maximum atomic E-state index is 2.49. The van der Waals surface area contributed by atoms with Crippen molar-refractivity contribution in [1.29, 1.82) is 0 Å². The third kappa shape index (κ3) is 3.47. The molecule has 0 saturated carbocycles. The molecule has 0 N–H and O–H groups in total. The van der Waals surface area contributed by atoms with Gasteiger partial charge in [0, 0.05) is 16.7 Å². The predicted octanol–water partition coefficient (Wildman–Crippen LogP) is 1.62. The zero-order valence-corrected chi connectivity index (χ0v) is 17.2. The summed E-state index contributed by atoms with van der Waals surface area (Å²) in [6.07, 6.45) is 1.32. The summed E-state index contributed by atoms with van der Waals surface area (Å²) in [5.41, 5.74) is 4.53. The Labute approximate surface area is 153 Å². The molecule has 0 amide bonds. The van der Waals surface area contributed by atoms with Gasteiger partial charge < -0.3 is 28.5 Å². The van der Waals surface area contributed by atoms with Crippen LogP contribution < -0.4 is 24.0 Å². The summed E-state index contributed by atoms with van der Waals surface area (Å²) >= 11 is 0. The quantitative estimate of drug-likeness (QED) is 0.400. The topological polar surface area (TPSA) is 0 Å². The van der Waals surface area contributed by atoms with Crippen LogP contribution in [-0.2, 0) is 6.54 Å². The number of hydrogen-bond acceptors (Lipinski definition) is 0. The molecule has 2 atom stereocenters. The molecule has 0 bridgehead atoms. The van der Waals surface area contributed by atoms with Gasteiger partial charge in [0.15, 0.2) is 0 Å². The highest BCUT2D eigenvalue weighted by molar-refractivity contribution is 6.76. The van der Waals surface area contributed by atoms with Crippen molar-refractivity contribution in [2.45, 2.75) is 32.2 Å². The number of quaternary nitrogens is 1. The highest BCUT2D eigenvalue weighted by atomic mass is 127. The third-order valence-electron chi connectivity index (χ3n) is 4.46. The van der Waals surface area contributed by atoms with E-state index >= 15 is 0 Å². The van der Waals surface area contributed by atoms with Crippen molar-refractivity contribution >= 4 is 8.07 Å². The van der Waals surface area contributed by atoms with Crippen LogP contribution in [0, 0.1) is 0 Å². The second-order valence-electron chi connectivity index (χ2n) is 7.87. The number of rotatable bonds is 3. The van der Waals surface area contributed by atoms with Crippen LogP contribution >= 0.6 is 0 Å². The van der Waals surface area contributed by atoms with Crippen LogP contribution in [-0.4, -0.2) is 25.8 Å². The molecule has 1 nitrogen and oxygen atoms in total. The number of benzene rings is 2. The average Bonchev–Trinajstić information content (AvgIpc) is 2.68. The maximum absolute atomic E-state index is 2.49. The fourth-order valence-corrected chi connectivity index (χ4v) is 6.63. The van der Waals surface area contributed by atoms with Crippen LogP contribution in [0.4, 0.5) is 0 Å². The normalized spacial score (nSPS) is 23.7. The molecule has 1 heterocycles. The first-order chi connectivity index (χ1) is 9.89. The van der Waals surface area contributed by atoms with Gasteiger partial charge in [0.1, 0.15) is 20.7 Å². The van der Waals surface area contributed by atoms with Crippen LogP contribution in [0.3, 0.4) is 0 Å². The smallest absolute Gasteiger partial charge is 0.141 e. The van der Waals surface area contributed by atoms with Crippen LogP contribution in [0.15, 0.2) is 54.6 Å². The van der Waals surface area contributed by atoms with Crippen molar-refractivity contribution in [3.8, 4) is 0 Å². The Balaban J connectivity index is 0.00000176. The molecule has 3 rings (SSSR count). The number of halogens is 1. The van der Waals surface area contributed by atoms with E-state index in [1.807, 2.05) is 0 Å². The summed E-state index contributed by atoms with van der Waals surface area (Å²) in [4.78, 5) is 0. The highest BCUT2D eigenvalue weighted by Crippen LogP contribution is 2.43. The average molecular weight is 423 g/mol. The van der Waals surface area contributed by atoms with Crippen molar-refractivity contribution < 1.29 is 28.5 Å². The highest BCUT2D eigenvalue weighted by Gasteiger charge is 2.45. The van der Waals surface area contributed by atoms with Gasteiger partial charge in [-0.1, -0.05) is 74.2 Å². The first-order valence-electron chi connectivity index (χ1n) is 7.86. The van der Waals surface area contributed by atoms with Gasteiger partial charge in [-0.2, -0.15) is 0 Å². The standard InChI is InChI=1S/C19H26NSi.HI/c1-20(15-21(2,3)4)14-17-12-8-9-13-18(17)19(20)16-10-6-5-7-11-16;/h5-13,19H,14-15H2,1-4H3;1H/q+1;/p-1/t19-,20+;/m1./s1. The Morgan fingerprint density at radius 1 is 0.955 bits per heavy atom. The van der Waals surface area contributed by atoms with E-state index in [-0.39, 0.29) is 24.0 Å².